The summed E-state index contributed by atoms with van der Waals surface area (Å²) in [6, 6.07) is -0.150. The van der Waals surface area contributed by atoms with Crippen LogP contribution in [-0.4, -0.2) is 53.3 Å². The Morgan fingerprint density at radius 2 is 2.00 bits per heavy atom. The van der Waals surface area contributed by atoms with Crippen LogP contribution in [0, 0.1) is 5.92 Å². The molecule has 0 aromatic heterocycles. The molecule has 0 aromatic rings. The van der Waals surface area contributed by atoms with Gasteiger partial charge in [-0.15, -0.1) is 0 Å². The zero-order valence-electron chi connectivity index (χ0n) is 10.7. The average Bonchev–Trinajstić information content (AvgIpc) is 3.20. The molecule has 3 fully saturated rings. The number of hydrogen-bond donors (Lipinski definition) is 1. The first-order chi connectivity index (χ1) is 8.66. The molecule has 2 aliphatic heterocycles. The van der Waals surface area contributed by atoms with Gasteiger partial charge in [-0.2, -0.15) is 0 Å². The second-order valence-electron chi connectivity index (χ2n) is 5.82. The van der Waals surface area contributed by atoms with Gasteiger partial charge in [0.15, 0.2) is 0 Å². The molecule has 5 heteroatoms. The predicted molar refractivity (Wildman–Crippen MR) is 66.6 cm³/mol. The van der Waals surface area contributed by atoms with Gasteiger partial charge in [0.25, 0.3) is 0 Å². The van der Waals surface area contributed by atoms with Crippen LogP contribution < -0.4 is 5.73 Å². The largest absolute Gasteiger partial charge is 0.330 e. The second kappa shape index (κ2) is 4.53. The number of rotatable bonds is 3. The summed E-state index contributed by atoms with van der Waals surface area (Å²) in [5.74, 6) is 0.782. The molecule has 1 saturated carbocycles. The number of carbonyl (C=O) groups is 2. The molecule has 0 spiro atoms. The minimum atomic E-state index is -0.202. The molecule has 2 heterocycles. The summed E-state index contributed by atoms with van der Waals surface area (Å²) >= 11 is 0. The fourth-order valence-corrected chi connectivity index (χ4v) is 3.11. The maximum atomic E-state index is 12.4. The Balaban J connectivity index is 1.68. The van der Waals surface area contributed by atoms with Crippen LogP contribution in [0.25, 0.3) is 0 Å². The van der Waals surface area contributed by atoms with Crippen LogP contribution in [0.3, 0.4) is 0 Å². The maximum absolute atomic E-state index is 12.4. The fraction of sp³-hybridized carbons (Fsp3) is 0.846. The van der Waals surface area contributed by atoms with E-state index >= 15 is 0 Å². The Morgan fingerprint density at radius 3 is 2.72 bits per heavy atom. The van der Waals surface area contributed by atoms with Crippen molar-refractivity contribution in [2.24, 2.45) is 11.7 Å². The molecule has 2 unspecified atom stereocenters. The van der Waals surface area contributed by atoms with Crippen LogP contribution >= 0.6 is 0 Å². The molecule has 0 aromatic carbocycles. The van der Waals surface area contributed by atoms with Gasteiger partial charge in [-0.05, 0) is 38.0 Å². The lowest BCUT2D eigenvalue weighted by atomic mass is 9.98. The number of fused-ring (bicyclic) bond motifs is 1. The van der Waals surface area contributed by atoms with Crippen molar-refractivity contribution >= 4 is 11.8 Å². The van der Waals surface area contributed by atoms with E-state index in [9.17, 15) is 9.59 Å². The van der Waals surface area contributed by atoms with Crippen molar-refractivity contribution in [3.63, 3.8) is 0 Å². The molecule has 3 rings (SSSR count). The highest BCUT2D eigenvalue weighted by Crippen LogP contribution is 2.32. The molecule has 3 aliphatic rings. The number of carbonyl (C=O) groups excluding carboxylic acids is 2. The Morgan fingerprint density at radius 1 is 1.22 bits per heavy atom. The Bertz CT molecular complexity index is 367. The highest BCUT2D eigenvalue weighted by atomic mass is 16.2. The van der Waals surface area contributed by atoms with Gasteiger partial charge >= 0.3 is 0 Å². The van der Waals surface area contributed by atoms with E-state index in [0.717, 1.165) is 25.8 Å². The number of piperazine rings is 1. The Kier molecular flexibility index (Phi) is 3.01. The van der Waals surface area contributed by atoms with Crippen LogP contribution in [0.4, 0.5) is 0 Å². The van der Waals surface area contributed by atoms with E-state index in [4.69, 9.17) is 5.73 Å². The van der Waals surface area contributed by atoms with Gasteiger partial charge in [-0.3, -0.25) is 9.59 Å². The average molecular weight is 251 g/mol. The summed E-state index contributed by atoms with van der Waals surface area (Å²) in [6.07, 6.45) is 5.24. The zero-order valence-corrected chi connectivity index (χ0v) is 10.7. The molecule has 2 N–H and O–H groups in total. The van der Waals surface area contributed by atoms with Gasteiger partial charge in [0.2, 0.25) is 11.8 Å². The van der Waals surface area contributed by atoms with Gasteiger partial charge in [0, 0.05) is 19.1 Å². The first kappa shape index (κ1) is 12.0. The van der Waals surface area contributed by atoms with Crippen LogP contribution in [-0.2, 0) is 9.59 Å². The topological polar surface area (TPSA) is 66.6 Å². The van der Waals surface area contributed by atoms with E-state index < -0.39 is 0 Å². The number of amides is 2. The summed E-state index contributed by atoms with van der Waals surface area (Å²) in [6.45, 7) is 1.53. The van der Waals surface area contributed by atoms with Gasteiger partial charge in [0.05, 0.1) is 6.54 Å². The molecule has 0 bridgehead atoms. The molecule has 18 heavy (non-hydrogen) atoms. The van der Waals surface area contributed by atoms with Gasteiger partial charge in [0.1, 0.15) is 6.04 Å². The smallest absolute Gasteiger partial charge is 0.245 e. The summed E-state index contributed by atoms with van der Waals surface area (Å²) in [5, 5.41) is 0. The summed E-state index contributed by atoms with van der Waals surface area (Å²) in [5.41, 5.74) is 6.07. The van der Waals surface area contributed by atoms with Crippen molar-refractivity contribution in [3.8, 4) is 0 Å². The zero-order chi connectivity index (χ0) is 12.7. The molecule has 2 atom stereocenters. The van der Waals surface area contributed by atoms with Crippen molar-refractivity contribution in [2.45, 2.75) is 44.2 Å². The van der Waals surface area contributed by atoms with Gasteiger partial charge < -0.3 is 15.5 Å². The van der Waals surface area contributed by atoms with Gasteiger partial charge in [-0.1, -0.05) is 0 Å². The highest BCUT2D eigenvalue weighted by molar-refractivity contribution is 5.95. The molecule has 1 aliphatic carbocycles. The number of hydrogen-bond acceptors (Lipinski definition) is 3. The Hall–Kier alpha value is -1.10. The van der Waals surface area contributed by atoms with Crippen molar-refractivity contribution < 1.29 is 9.59 Å². The lowest BCUT2D eigenvalue weighted by molar-refractivity contribution is -0.158. The predicted octanol–water partition coefficient (Wildman–Crippen LogP) is -0.0530. The minimum Gasteiger partial charge on any atom is -0.330 e. The van der Waals surface area contributed by atoms with E-state index in [2.05, 4.69) is 0 Å². The van der Waals surface area contributed by atoms with Crippen molar-refractivity contribution in [1.82, 2.24) is 9.80 Å². The first-order valence-corrected chi connectivity index (χ1v) is 7.00. The standard InChI is InChI=1S/C13H21N3O2/c14-10(9-4-5-9)7-15-8-12(17)16-6-2-1-3-11(16)13(15)18/h9-11H,1-8,14H2. The van der Waals surface area contributed by atoms with E-state index in [1.807, 2.05) is 0 Å². The third-order valence-electron chi connectivity index (χ3n) is 4.40. The van der Waals surface area contributed by atoms with E-state index in [1.54, 1.807) is 9.80 Å². The van der Waals surface area contributed by atoms with Gasteiger partial charge in [-0.25, -0.2) is 0 Å². The maximum Gasteiger partial charge on any atom is 0.245 e. The van der Waals surface area contributed by atoms with Crippen molar-refractivity contribution in [3.05, 3.63) is 0 Å². The summed E-state index contributed by atoms with van der Waals surface area (Å²) < 4.78 is 0. The van der Waals surface area contributed by atoms with Crippen LogP contribution in [0.2, 0.25) is 0 Å². The minimum absolute atomic E-state index is 0.0527. The monoisotopic (exact) mass is 251 g/mol. The summed E-state index contributed by atoms with van der Waals surface area (Å²) in [4.78, 5) is 27.9. The molecule has 100 valence electrons. The van der Waals surface area contributed by atoms with Crippen LogP contribution in [0.5, 0.6) is 0 Å². The third-order valence-corrected chi connectivity index (χ3v) is 4.40. The molecule has 2 saturated heterocycles. The number of nitrogens with two attached hydrogens (primary N) is 1. The SMILES string of the molecule is NC(CN1CC(=O)N2CCCCC2C1=O)C1CC1. The quantitative estimate of drug-likeness (QED) is 0.764. The fourth-order valence-electron chi connectivity index (χ4n) is 3.11. The molecule has 5 nitrogen and oxygen atoms in total. The van der Waals surface area contributed by atoms with Crippen LogP contribution in [0.15, 0.2) is 0 Å². The lowest BCUT2D eigenvalue weighted by Crippen LogP contribution is -2.62. The number of piperidine rings is 1. The second-order valence-corrected chi connectivity index (χ2v) is 5.82. The summed E-state index contributed by atoms with van der Waals surface area (Å²) in [7, 11) is 0. The van der Waals surface area contributed by atoms with E-state index in [-0.39, 0.29) is 30.4 Å². The Labute approximate surface area is 107 Å². The van der Waals surface area contributed by atoms with Crippen LogP contribution in [0.1, 0.15) is 32.1 Å². The van der Waals surface area contributed by atoms with Crippen molar-refractivity contribution in [1.29, 1.82) is 0 Å². The molecule has 0 radical (unpaired) electrons. The normalized spacial score (nSPS) is 30.4. The molecule has 2 amide bonds. The molecular formula is C13H21N3O2. The van der Waals surface area contributed by atoms with Crippen molar-refractivity contribution in [2.75, 3.05) is 19.6 Å². The molecular weight excluding hydrogens is 230 g/mol. The third kappa shape index (κ3) is 2.11. The van der Waals surface area contributed by atoms with E-state index in [1.165, 1.54) is 12.8 Å². The first-order valence-electron chi connectivity index (χ1n) is 7.00. The number of nitrogens with zero attached hydrogens (tertiary/aromatic N) is 2. The van der Waals surface area contributed by atoms with E-state index in [0.29, 0.717) is 12.5 Å². The lowest BCUT2D eigenvalue weighted by Gasteiger charge is -2.43. The highest BCUT2D eigenvalue weighted by Gasteiger charge is 2.41.